The van der Waals surface area contributed by atoms with E-state index in [1.54, 1.807) is 0 Å². The summed E-state index contributed by atoms with van der Waals surface area (Å²) in [6, 6.07) is 0. The second-order valence-corrected chi connectivity index (χ2v) is 7.60. The zero-order valence-corrected chi connectivity index (χ0v) is 16.0. The zero-order valence-electron chi connectivity index (χ0n) is 15.2. The lowest BCUT2D eigenvalue weighted by Crippen LogP contribution is -2.35. The van der Waals surface area contributed by atoms with E-state index in [0.29, 0.717) is 4.51 Å². The Bertz CT molecular complexity index is 538. The molecule has 22 heavy (non-hydrogen) atoms. The molecule has 1 rings (SSSR count). The highest BCUT2D eigenvalue weighted by atomic mass is 32.1. The van der Waals surface area contributed by atoms with E-state index in [9.17, 15) is 4.79 Å². The number of hydrogen-bond acceptors (Lipinski definition) is 4. The van der Waals surface area contributed by atoms with E-state index in [2.05, 4.69) is 51.5 Å². The number of nitrogens with zero attached hydrogens (tertiary/aromatic N) is 2. The van der Waals surface area contributed by atoms with Crippen molar-refractivity contribution in [3.05, 3.63) is 20.3 Å². The molecule has 0 aliphatic rings. The van der Waals surface area contributed by atoms with Crippen LogP contribution in [0.3, 0.4) is 0 Å². The van der Waals surface area contributed by atoms with Crippen molar-refractivity contribution in [2.75, 3.05) is 38.1 Å². The summed E-state index contributed by atoms with van der Waals surface area (Å²) in [5, 5.41) is 0. The highest BCUT2D eigenvalue weighted by molar-refractivity contribution is 7.71. The lowest BCUT2D eigenvalue weighted by molar-refractivity contribution is 0.283. The van der Waals surface area contributed by atoms with E-state index in [1.165, 1.54) is 19.4 Å². The normalized spacial score (nSPS) is 12.3. The van der Waals surface area contributed by atoms with Crippen molar-refractivity contribution in [2.45, 2.75) is 59.3 Å². The molecule has 0 fully saturated rings. The van der Waals surface area contributed by atoms with Crippen molar-refractivity contribution in [1.82, 2.24) is 4.90 Å². The standard InChI is InChI=1S/C18H32N2OS/c1-7-11-20(8-2)13-10-9-12-19(6)15-14(18(3,4)5)16(21)17(15)22/h7-13H2,1-6H3. The molecule has 0 aromatic heterocycles. The van der Waals surface area contributed by atoms with E-state index in [0.717, 1.165) is 37.3 Å². The second-order valence-electron chi connectivity index (χ2n) is 7.19. The molecule has 0 aliphatic heterocycles. The Morgan fingerprint density at radius 2 is 1.64 bits per heavy atom. The minimum absolute atomic E-state index is 0.0736. The number of hydrogen-bond donors (Lipinski definition) is 0. The summed E-state index contributed by atoms with van der Waals surface area (Å²) < 4.78 is 0.522. The van der Waals surface area contributed by atoms with E-state index in [-0.39, 0.29) is 10.8 Å². The fourth-order valence-corrected chi connectivity index (χ4v) is 3.34. The van der Waals surface area contributed by atoms with Gasteiger partial charge in [0.05, 0.1) is 5.69 Å². The van der Waals surface area contributed by atoms with Crippen LogP contribution < -0.4 is 10.3 Å². The lowest BCUT2D eigenvalue weighted by Gasteiger charge is -2.31. The first-order valence-electron chi connectivity index (χ1n) is 8.51. The number of unbranched alkanes of at least 4 members (excludes halogenated alkanes) is 1. The molecule has 0 bridgehead atoms. The van der Waals surface area contributed by atoms with Crippen molar-refractivity contribution in [2.24, 2.45) is 0 Å². The summed E-state index contributed by atoms with van der Waals surface area (Å²) in [5.41, 5.74) is 1.86. The molecular formula is C18H32N2OS. The fourth-order valence-electron chi connectivity index (χ4n) is 2.98. The summed E-state index contributed by atoms with van der Waals surface area (Å²) in [6.07, 6.45) is 3.54. The van der Waals surface area contributed by atoms with Crippen LogP contribution in [0, 0.1) is 4.51 Å². The summed E-state index contributed by atoms with van der Waals surface area (Å²) in [6.45, 7) is 15.1. The van der Waals surface area contributed by atoms with Gasteiger partial charge >= 0.3 is 0 Å². The van der Waals surface area contributed by atoms with Crippen LogP contribution in [0.25, 0.3) is 0 Å². The summed E-state index contributed by atoms with van der Waals surface area (Å²) in [4.78, 5) is 16.7. The number of rotatable bonds is 9. The van der Waals surface area contributed by atoms with E-state index < -0.39 is 0 Å². The maximum Gasteiger partial charge on any atom is 0.204 e. The van der Waals surface area contributed by atoms with Gasteiger partial charge in [0.1, 0.15) is 4.51 Å². The average Bonchev–Trinajstić information content (AvgIpc) is 2.45. The van der Waals surface area contributed by atoms with Gasteiger partial charge in [-0.3, -0.25) is 4.79 Å². The minimum Gasteiger partial charge on any atom is -0.373 e. The molecule has 0 aliphatic carbocycles. The van der Waals surface area contributed by atoms with Gasteiger partial charge in [0.2, 0.25) is 5.43 Å². The van der Waals surface area contributed by atoms with Crippen LogP contribution >= 0.6 is 12.2 Å². The third kappa shape index (κ3) is 4.63. The van der Waals surface area contributed by atoms with Gasteiger partial charge in [-0.25, -0.2) is 0 Å². The van der Waals surface area contributed by atoms with Crippen LogP contribution in [0.15, 0.2) is 4.79 Å². The monoisotopic (exact) mass is 324 g/mol. The lowest BCUT2D eigenvalue weighted by atomic mass is 9.82. The predicted octanol–water partition coefficient (Wildman–Crippen LogP) is 3.90. The molecule has 0 N–H and O–H groups in total. The zero-order chi connectivity index (χ0) is 16.9. The van der Waals surface area contributed by atoms with Crippen molar-refractivity contribution in [3.63, 3.8) is 0 Å². The Kier molecular flexibility index (Phi) is 7.20. The van der Waals surface area contributed by atoms with Crippen molar-refractivity contribution < 1.29 is 0 Å². The molecule has 0 radical (unpaired) electrons. The molecule has 0 unspecified atom stereocenters. The molecule has 0 atom stereocenters. The second kappa shape index (κ2) is 8.21. The van der Waals surface area contributed by atoms with Crippen LogP contribution in [0.5, 0.6) is 0 Å². The average molecular weight is 325 g/mol. The molecule has 4 heteroatoms. The molecule has 126 valence electrons. The van der Waals surface area contributed by atoms with Gasteiger partial charge in [0.15, 0.2) is 0 Å². The Hall–Kier alpha value is -0.740. The molecular weight excluding hydrogens is 292 g/mol. The van der Waals surface area contributed by atoms with Crippen molar-refractivity contribution in [3.8, 4) is 0 Å². The highest BCUT2D eigenvalue weighted by Crippen LogP contribution is 2.32. The Balaban J connectivity index is 2.54. The SMILES string of the molecule is CCCN(CC)CCCCN(C)c1c(C(C)(C)C)c(=O)c1=S. The maximum absolute atomic E-state index is 12.0. The van der Waals surface area contributed by atoms with E-state index in [4.69, 9.17) is 12.2 Å². The van der Waals surface area contributed by atoms with Gasteiger partial charge in [-0.05, 0) is 44.3 Å². The van der Waals surface area contributed by atoms with Crippen molar-refractivity contribution >= 4 is 17.9 Å². The summed E-state index contributed by atoms with van der Waals surface area (Å²) in [5.74, 6) is 0. The Morgan fingerprint density at radius 1 is 1.05 bits per heavy atom. The Morgan fingerprint density at radius 3 is 2.14 bits per heavy atom. The highest BCUT2D eigenvalue weighted by Gasteiger charge is 2.29. The first-order valence-corrected chi connectivity index (χ1v) is 8.92. The minimum atomic E-state index is -0.122. The quantitative estimate of drug-likeness (QED) is 0.508. The third-order valence-corrected chi connectivity index (χ3v) is 4.60. The predicted molar refractivity (Wildman–Crippen MR) is 99.5 cm³/mol. The molecule has 0 saturated carbocycles. The molecule has 1 aromatic carbocycles. The topological polar surface area (TPSA) is 23.6 Å². The molecule has 0 spiro atoms. The first-order chi connectivity index (χ1) is 10.2. The smallest absolute Gasteiger partial charge is 0.204 e. The molecule has 0 saturated heterocycles. The van der Waals surface area contributed by atoms with Crippen molar-refractivity contribution in [1.29, 1.82) is 0 Å². The van der Waals surface area contributed by atoms with Crippen LogP contribution in [0.4, 0.5) is 5.69 Å². The van der Waals surface area contributed by atoms with E-state index in [1.807, 2.05) is 0 Å². The molecule has 1 aromatic rings. The van der Waals surface area contributed by atoms with Gasteiger partial charge < -0.3 is 9.80 Å². The molecule has 3 nitrogen and oxygen atoms in total. The van der Waals surface area contributed by atoms with Gasteiger partial charge in [-0.2, -0.15) is 0 Å². The van der Waals surface area contributed by atoms with Gasteiger partial charge in [0, 0.05) is 19.2 Å². The third-order valence-electron chi connectivity index (χ3n) is 4.22. The van der Waals surface area contributed by atoms with Crippen LogP contribution in [0.2, 0.25) is 0 Å². The van der Waals surface area contributed by atoms with Crippen LogP contribution in [-0.4, -0.2) is 38.1 Å². The fraction of sp³-hybridized carbons (Fsp3) is 0.778. The van der Waals surface area contributed by atoms with Gasteiger partial charge in [-0.15, -0.1) is 0 Å². The maximum atomic E-state index is 12.0. The first kappa shape index (κ1) is 19.3. The number of anilines is 1. The molecule has 0 heterocycles. The van der Waals surface area contributed by atoms with Gasteiger partial charge in [0.25, 0.3) is 0 Å². The summed E-state index contributed by atoms with van der Waals surface area (Å²) in [7, 11) is 2.06. The van der Waals surface area contributed by atoms with Gasteiger partial charge in [-0.1, -0.05) is 46.8 Å². The van der Waals surface area contributed by atoms with Crippen LogP contribution in [-0.2, 0) is 5.41 Å². The molecule has 0 amide bonds. The Labute approximate surface area is 141 Å². The van der Waals surface area contributed by atoms with Crippen LogP contribution in [0.1, 0.15) is 59.4 Å². The van der Waals surface area contributed by atoms with E-state index >= 15 is 0 Å². The summed E-state index contributed by atoms with van der Waals surface area (Å²) >= 11 is 5.27. The largest absolute Gasteiger partial charge is 0.373 e.